The average molecular weight is 318 g/mol. The quantitative estimate of drug-likeness (QED) is 0.817. The van der Waals surface area contributed by atoms with Gasteiger partial charge in [-0.25, -0.2) is 4.39 Å². The van der Waals surface area contributed by atoms with Crippen LogP contribution in [0.4, 0.5) is 4.39 Å². The third-order valence-corrected chi connectivity index (χ3v) is 3.69. The fourth-order valence-electron chi connectivity index (χ4n) is 2.22. The van der Waals surface area contributed by atoms with Crippen LogP contribution < -0.4 is 10.6 Å². The second-order valence-electron chi connectivity index (χ2n) is 5.83. The SMILES string of the molecule is CC(NC(=O)CNCC1CC1)c1nc(-c2cccc(F)c2)no1. The fraction of sp³-hybridized carbons (Fsp3) is 0.438. The number of aromatic nitrogens is 2. The molecule has 0 spiro atoms. The van der Waals surface area contributed by atoms with E-state index in [9.17, 15) is 9.18 Å². The average Bonchev–Trinajstić information content (AvgIpc) is 3.20. The third kappa shape index (κ3) is 4.35. The molecule has 122 valence electrons. The Morgan fingerprint density at radius 1 is 1.48 bits per heavy atom. The predicted octanol–water partition coefficient (Wildman–Crippen LogP) is 2.05. The van der Waals surface area contributed by atoms with Crippen molar-refractivity contribution in [3.63, 3.8) is 0 Å². The van der Waals surface area contributed by atoms with Gasteiger partial charge in [-0.1, -0.05) is 17.3 Å². The van der Waals surface area contributed by atoms with Gasteiger partial charge in [-0.15, -0.1) is 0 Å². The van der Waals surface area contributed by atoms with Crippen molar-refractivity contribution < 1.29 is 13.7 Å². The summed E-state index contributed by atoms with van der Waals surface area (Å²) in [5.74, 6) is 0.831. The van der Waals surface area contributed by atoms with Crippen molar-refractivity contribution in [2.75, 3.05) is 13.1 Å². The fourth-order valence-corrected chi connectivity index (χ4v) is 2.22. The summed E-state index contributed by atoms with van der Waals surface area (Å²) in [6.45, 7) is 2.92. The van der Waals surface area contributed by atoms with E-state index < -0.39 is 6.04 Å². The zero-order chi connectivity index (χ0) is 16.2. The topological polar surface area (TPSA) is 80.0 Å². The first kappa shape index (κ1) is 15.6. The van der Waals surface area contributed by atoms with Crippen LogP contribution in [-0.2, 0) is 4.79 Å². The van der Waals surface area contributed by atoms with Crippen molar-refractivity contribution in [3.8, 4) is 11.4 Å². The molecular formula is C16H19FN4O2. The van der Waals surface area contributed by atoms with Crippen molar-refractivity contribution in [3.05, 3.63) is 36.0 Å². The summed E-state index contributed by atoms with van der Waals surface area (Å²) < 4.78 is 18.4. The summed E-state index contributed by atoms with van der Waals surface area (Å²) in [5, 5.41) is 9.75. The van der Waals surface area contributed by atoms with Crippen LogP contribution in [0.3, 0.4) is 0 Å². The molecule has 2 aromatic rings. The van der Waals surface area contributed by atoms with E-state index in [2.05, 4.69) is 20.8 Å². The summed E-state index contributed by atoms with van der Waals surface area (Å²) in [6, 6.07) is 5.56. The molecule has 1 amide bonds. The van der Waals surface area contributed by atoms with Gasteiger partial charge in [0.15, 0.2) is 0 Å². The zero-order valence-corrected chi connectivity index (χ0v) is 12.9. The molecule has 1 aliphatic carbocycles. The standard InChI is InChI=1S/C16H19FN4O2/c1-10(19-14(22)9-18-8-11-5-6-11)16-20-15(21-23-16)12-3-2-4-13(17)7-12/h2-4,7,10-11,18H,5-6,8-9H2,1H3,(H,19,22). The monoisotopic (exact) mass is 318 g/mol. The molecule has 1 fully saturated rings. The van der Waals surface area contributed by atoms with Crippen LogP contribution in [0.25, 0.3) is 11.4 Å². The molecule has 2 N–H and O–H groups in total. The van der Waals surface area contributed by atoms with E-state index in [1.807, 2.05) is 0 Å². The first-order valence-corrected chi connectivity index (χ1v) is 7.71. The van der Waals surface area contributed by atoms with Gasteiger partial charge in [-0.3, -0.25) is 4.79 Å². The van der Waals surface area contributed by atoms with Gasteiger partial charge in [0.05, 0.1) is 6.54 Å². The van der Waals surface area contributed by atoms with Gasteiger partial charge < -0.3 is 15.2 Å². The summed E-state index contributed by atoms with van der Waals surface area (Å²) in [4.78, 5) is 16.1. The Labute approximate surface area is 133 Å². The molecule has 0 aliphatic heterocycles. The lowest BCUT2D eigenvalue weighted by Gasteiger charge is -2.10. The molecule has 1 aliphatic rings. The summed E-state index contributed by atoms with van der Waals surface area (Å²) in [6.07, 6.45) is 2.49. The maximum atomic E-state index is 13.2. The highest BCUT2D eigenvalue weighted by atomic mass is 19.1. The number of hydrogen-bond acceptors (Lipinski definition) is 5. The minimum absolute atomic E-state index is 0.122. The van der Waals surface area contributed by atoms with Gasteiger partial charge in [-0.2, -0.15) is 4.98 Å². The van der Waals surface area contributed by atoms with Crippen molar-refractivity contribution >= 4 is 5.91 Å². The van der Waals surface area contributed by atoms with Crippen LogP contribution in [0.15, 0.2) is 28.8 Å². The zero-order valence-electron chi connectivity index (χ0n) is 12.9. The van der Waals surface area contributed by atoms with Crippen molar-refractivity contribution in [1.29, 1.82) is 0 Å². The maximum absolute atomic E-state index is 13.2. The van der Waals surface area contributed by atoms with Gasteiger partial charge in [0.1, 0.15) is 11.9 Å². The van der Waals surface area contributed by atoms with Gasteiger partial charge in [0, 0.05) is 5.56 Å². The molecular weight excluding hydrogens is 299 g/mol. The number of carbonyl (C=O) groups is 1. The Kier molecular flexibility index (Phi) is 4.66. The summed E-state index contributed by atoms with van der Waals surface area (Å²) in [7, 11) is 0. The summed E-state index contributed by atoms with van der Waals surface area (Å²) in [5.41, 5.74) is 0.532. The molecule has 1 aromatic carbocycles. The van der Waals surface area contributed by atoms with E-state index in [4.69, 9.17) is 4.52 Å². The molecule has 0 saturated heterocycles. The molecule has 7 heteroatoms. The molecule has 0 radical (unpaired) electrons. The van der Waals surface area contributed by atoms with Crippen LogP contribution in [0, 0.1) is 11.7 Å². The van der Waals surface area contributed by atoms with Gasteiger partial charge in [0.25, 0.3) is 0 Å². The molecule has 6 nitrogen and oxygen atoms in total. The van der Waals surface area contributed by atoms with Crippen molar-refractivity contribution in [2.24, 2.45) is 5.92 Å². The van der Waals surface area contributed by atoms with Gasteiger partial charge in [-0.05, 0) is 44.4 Å². The highest BCUT2D eigenvalue weighted by Crippen LogP contribution is 2.27. The van der Waals surface area contributed by atoms with Crippen LogP contribution in [0.2, 0.25) is 0 Å². The number of rotatable bonds is 7. The lowest BCUT2D eigenvalue weighted by Crippen LogP contribution is -2.36. The first-order chi connectivity index (χ1) is 11.1. The lowest BCUT2D eigenvalue weighted by molar-refractivity contribution is -0.121. The Morgan fingerprint density at radius 2 is 2.30 bits per heavy atom. The smallest absolute Gasteiger partial charge is 0.249 e. The minimum Gasteiger partial charge on any atom is -0.343 e. The lowest BCUT2D eigenvalue weighted by atomic mass is 10.2. The predicted molar refractivity (Wildman–Crippen MR) is 81.8 cm³/mol. The summed E-state index contributed by atoms with van der Waals surface area (Å²) >= 11 is 0. The van der Waals surface area contributed by atoms with Crippen LogP contribution in [0.1, 0.15) is 31.7 Å². The molecule has 3 rings (SSSR count). The highest BCUT2D eigenvalue weighted by Gasteiger charge is 2.21. The number of carbonyl (C=O) groups excluding carboxylic acids is 1. The Balaban J connectivity index is 1.55. The Hall–Kier alpha value is -2.28. The number of halogens is 1. The van der Waals surface area contributed by atoms with Crippen LogP contribution >= 0.6 is 0 Å². The molecule has 1 saturated carbocycles. The van der Waals surface area contributed by atoms with E-state index in [-0.39, 0.29) is 18.3 Å². The third-order valence-electron chi connectivity index (χ3n) is 3.69. The second kappa shape index (κ2) is 6.87. The number of nitrogens with one attached hydrogen (secondary N) is 2. The number of hydrogen-bond donors (Lipinski definition) is 2. The molecule has 1 atom stereocenters. The van der Waals surface area contributed by atoms with E-state index in [1.54, 1.807) is 19.1 Å². The number of benzene rings is 1. The molecule has 1 unspecified atom stereocenters. The van der Waals surface area contributed by atoms with Crippen molar-refractivity contribution in [1.82, 2.24) is 20.8 Å². The van der Waals surface area contributed by atoms with Gasteiger partial charge >= 0.3 is 0 Å². The maximum Gasteiger partial charge on any atom is 0.249 e. The highest BCUT2D eigenvalue weighted by molar-refractivity contribution is 5.78. The Morgan fingerprint density at radius 3 is 3.04 bits per heavy atom. The molecule has 1 aromatic heterocycles. The van der Waals surface area contributed by atoms with Crippen molar-refractivity contribution in [2.45, 2.75) is 25.8 Å². The second-order valence-corrected chi connectivity index (χ2v) is 5.83. The number of amides is 1. The normalized spacial score (nSPS) is 15.4. The van der Waals surface area contributed by atoms with Crippen LogP contribution in [-0.4, -0.2) is 29.1 Å². The first-order valence-electron chi connectivity index (χ1n) is 7.71. The van der Waals surface area contributed by atoms with Gasteiger partial charge in [0.2, 0.25) is 17.6 Å². The van der Waals surface area contributed by atoms with E-state index in [0.29, 0.717) is 17.3 Å². The number of nitrogens with zero attached hydrogens (tertiary/aromatic N) is 2. The Bertz CT molecular complexity index is 684. The molecule has 0 bridgehead atoms. The largest absolute Gasteiger partial charge is 0.343 e. The van der Waals surface area contributed by atoms with Crippen LogP contribution in [0.5, 0.6) is 0 Å². The molecule has 23 heavy (non-hydrogen) atoms. The van der Waals surface area contributed by atoms with E-state index >= 15 is 0 Å². The molecule has 1 heterocycles. The minimum atomic E-state index is -0.403. The van der Waals surface area contributed by atoms with E-state index in [1.165, 1.54) is 25.0 Å². The van der Waals surface area contributed by atoms with E-state index in [0.717, 1.165) is 12.5 Å².